The van der Waals surface area contributed by atoms with Gasteiger partial charge in [-0.2, -0.15) is 0 Å². The average Bonchev–Trinajstić information content (AvgIpc) is 2.18. The minimum absolute atomic E-state index is 0.523. The summed E-state index contributed by atoms with van der Waals surface area (Å²) in [6.07, 6.45) is 5.12. The van der Waals surface area contributed by atoms with Gasteiger partial charge < -0.3 is 15.3 Å². The van der Waals surface area contributed by atoms with Crippen LogP contribution in [0.3, 0.4) is 0 Å². The third kappa shape index (κ3) is 4.44. The molecule has 0 radical (unpaired) electrons. The van der Waals surface area contributed by atoms with Crippen LogP contribution in [0.15, 0.2) is 12.2 Å². The molecule has 0 bridgehead atoms. The van der Waals surface area contributed by atoms with Crippen molar-refractivity contribution in [2.24, 2.45) is 0 Å². The molecule has 0 aromatic heterocycles. The summed E-state index contributed by atoms with van der Waals surface area (Å²) >= 11 is 0. The number of piperidine rings is 1. The Morgan fingerprint density at radius 1 is 1.67 bits per heavy atom. The first-order chi connectivity index (χ1) is 7.09. The van der Waals surface area contributed by atoms with Crippen molar-refractivity contribution >= 4 is 5.97 Å². The van der Waals surface area contributed by atoms with E-state index in [1.165, 1.54) is 6.08 Å². The zero-order valence-electron chi connectivity index (χ0n) is 9.44. The molecule has 1 rings (SSSR count). The van der Waals surface area contributed by atoms with Crippen LogP contribution in [0.4, 0.5) is 0 Å². The zero-order chi connectivity index (χ0) is 11.3. The Hall–Kier alpha value is -0.870. The van der Waals surface area contributed by atoms with Gasteiger partial charge in [0.05, 0.1) is 0 Å². The van der Waals surface area contributed by atoms with Gasteiger partial charge in [-0.05, 0) is 33.4 Å². The quantitative estimate of drug-likeness (QED) is 0.674. The lowest BCUT2D eigenvalue weighted by atomic mass is 9.99. The van der Waals surface area contributed by atoms with Gasteiger partial charge in [-0.3, -0.25) is 0 Å². The van der Waals surface area contributed by atoms with Crippen molar-refractivity contribution in [1.29, 1.82) is 0 Å². The summed E-state index contributed by atoms with van der Waals surface area (Å²) in [5.41, 5.74) is 0. The Bertz CT molecular complexity index is 241. The number of nitrogens with zero attached hydrogens (tertiary/aromatic N) is 1. The number of rotatable bonds is 4. The van der Waals surface area contributed by atoms with Gasteiger partial charge in [-0.15, -0.1) is 0 Å². The molecule has 0 spiro atoms. The van der Waals surface area contributed by atoms with Gasteiger partial charge in [0.1, 0.15) is 0 Å². The van der Waals surface area contributed by atoms with Crippen LogP contribution in [0.5, 0.6) is 0 Å². The van der Waals surface area contributed by atoms with E-state index in [1.807, 2.05) is 0 Å². The lowest BCUT2D eigenvalue weighted by Gasteiger charge is -2.35. The van der Waals surface area contributed by atoms with E-state index < -0.39 is 5.97 Å². The van der Waals surface area contributed by atoms with Crippen LogP contribution in [0, 0.1) is 0 Å². The highest BCUT2D eigenvalue weighted by Crippen LogP contribution is 2.14. The van der Waals surface area contributed by atoms with Crippen LogP contribution < -0.4 is 5.32 Å². The highest BCUT2D eigenvalue weighted by molar-refractivity contribution is 5.79. The van der Waals surface area contributed by atoms with Crippen molar-refractivity contribution in [2.45, 2.75) is 31.8 Å². The fraction of sp³-hybridized carbons (Fsp3) is 0.727. The smallest absolute Gasteiger partial charge is 0.328 e. The minimum Gasteiger partial charge on any atom is -0.478 e. The van der Waals surface area contributed by atoms with E-state index in [9.17, 15) is 4.79 Å². The van der Waals surface area contributed by atoms with Crippen molar-refractivity contribution in [3.63, 3.8) is 0 Å². The lowest BCUT2D eigenvalue weighted by Crippen LogP contribution is -2.45. The largest absolute Gasteiger partial charge is 0.478 e. The van der Waals surface area contributed by atoms with E-state index in [1.54, 1.807) is 6.08 Å². The maximum Gasteiger partial charge on any atom is 0.328 e. The second-order valence-corrected chi connectivity index (χ2v) is 4.20. The van der Waals surface area contributed by atoms with E-state index in [0.717, 1.165) is 19.4 Å². The predicted octanol–water partition coefficient (Wildman–Crippen LogP) is 0.700. The normalized spacial score (nSPS) is 28.4. The number of carbonyl (C=O) groups is 1. The molecule has 1 aliphatic rings. The van der Waals surface area contributed by atoms with Gasteiger partial charge in [0.25, 0.3) is 0 Å². The number of aliphatic carboxylic acids is 1. The Kier molecular flexibility index (Phi) is 4.78. The van der Waals surface area contributed by atoms with Gasteiger partial charge >= 0.3 is 5.97 Å². The van der Waals surface area contributed by atoms with E-state index >= 15 is 0 Å². The Labute approximate surface area is 91.0 Å². The monoisotopic (exact) mass is 212 g/mol. The maximum atomic E-state index is 10.2. The Balaban J connectivity index is 2.20. The number of nitrogens with one attached hydrogen (secondary N) is 1. The predicted molar refractivity (Wildman–Crippen MR) is 59.9 cm³/mol. The molecule has 1 aliphatic heterocycles. The fourth-order valence-corrected chi connectivity index (χ4v) is 1.87. The van der Waals surface area contributed by atoms with Crippen molar-refractivity contribution in [3.05, 3.63) is 12.2 Å². The molecule has 1 fully saturated rings. The van der Waals surface area contributed by atoms with Gasteiger partial charge in [0.15, 0.2) is 0 Å². The van der Waals surface area contributed by atoms with Crippen molar-refractivity contribution in [3.8, 4) is 0 Å². The Morgan fingerprint density at radius 2 is 2.40 bits per heavy atom. The van der Waals surface area contributed by atoms with Crippen molar-refractivity contribution in [2.75, 3.05) is 20.1 Å². The first kappa shape index (κ1) is 12.2. The topological polar surface area (TPSA) is 52.6 Å². The molecular weight excluding hydrogens is 192 g/mol. The molecule has 0 amide bonds. The molecular formula is C11H20N2O2. The summed E-state index contributed by atoms with van der Waals surface area (Å²) in [4.78, 5) is 12.6. The van der Waals surface area contributed by atoms with Crippen molar-refractivity contribution < 1.29 is 9.90 Å². The summed E-state index contributed by atoms with van der Waals surface area (Å²) in [6, 6.07) is 1.13. The summed E-state index contributed by atoms with van der Waals surface area (Å²) in [6.45, 7) is 3.98. The molecule has 15 heavy (non-hydrogen) atoms. The summed E-state index contributed by atoms with van der Waals surface area (Å²) in [5.74, 6) is -0.881. The molecule has 4 heteroatoms. The van der Waals surface area contributed by atoms with E-state index in [4.69, 9.17) is 5.11 Å². The molecule has 0 aromatic rings. The Morgan fingerprint density at radius 3 is 3.00 bits per heavy atom. The fourth-order valence-electron chi connectivity index (χ4n) is 1.87. The second-order valence-electron chi connectivity index (χ2n) is 4.20. The van der Waals surface area contributed by atoms with Crippen LogP contribution in [-0.2, 0) is 4.79 Å². The molecule has 0 aliphatic carbocycles. The third-order valence-electron chi connectivity index (χ3n) is 2.99. The summed E-state index contributed by atoms with van der Waals surface area (Å²) in [5, 5.41) is 11.8. The first-order valence-electron chi connectivity index (χ1n) is 5.42. The van der Waals surface area contributed by atoms with Crippen LogP contribution in [0.2, 0.25) is 0 Å². The molecule has 1 saturated heterocycles. The van der Waals surface area contributed by atoms with Crippen LogP contribution in [0.1, 0.15) is 19.8 Å². The summed E-state index contributed by atoms with van der Waals surface area (Å²) < 4.78 is 0. The first-order valence-corrected chi connectivity index (χ1v) is 5.42. The standard InChI is InChI=1S/C11H20N2O2/c1-9-8-10(5-7-13(9)2)12-6-3-4-11(14)15/h3-4,9-10,12H,5-8H2,1-2H3,(H,14,15)/b4-3+. The van der Waals surface area contributed by atoms with E-state index in [-0.39, 0.29) is 0 Å². The van der Waals surface area contributed by atoms with Crippen LogP contribution in [-0.4, -0.2) is 48.2 Å². The summed E-state index contributed by atoms with van der Waals surface area (Å²) in [7, 11) is 2.14. The molecule has 86 valence electrons. The molecule has 2 unspecified atom stereocenters. The van der Waals surface area contributed by atoms with E-state index in [0.29, 0.717) is 18.6 Å². The molecule has 1 heterocycles. The number of carboxylic acids is 1. The molecule has 2 N–H and O–H groups in total. The number of carboxylic acid groups (broad SMARTS) is 1. The highest BCUT2D eigenvalue weighted by Gasteiger charge is 2.21. The minimum atomic E-state index is -0.881. The average molecular weight is 212 g/mol. The zero-order valence-corrected chi connectivity index (χ0v) is 9.44. The number of hydrogen-bond donors (Lipinski definition) is 2. The van der Waals surface area contributed by atoms with Gasteiger partial charge in [-0.1, -0.05) is 6.08 Å². The number of likely N-dealkylation sites (tertiary alicyclic amines) is 1. The maximum absolute atomic E-state index is 10.2. The molecule has 0 aromatic carbocycles. The SMILES string of the molecule is CC1CC(NC/C=C/C(=O)O)CCN1C. The van der Waals surface area contributed by atoms with Crippen molar-refractivity contribution in [1.82, 2.24) is 10.2 Å². The van der Waals surface area contributed by atoms with Crippen LogP contribution >= 0.6 is 0 Å². The molecule has 2 atom stereocenters. The van der Waals surface area contributed by atoms with E-state index in [2.05, 4.69) is 24.2 Å². The highest BCUT2D eigenvalue weighted by atomic mass is 16.4. The second kappa shape index (κ2) is 5.88. The van der Waals surface area contributed by atoms with Crippen LogP contribution in [0.25, 0.3) is 0 Å². The lowest BCUT2D eigenvalue weighted by molar-refractivity contribution is -0.131. The van der Waals surface area contributed by atoms with Gasteiger partial charge in [0.2, 0.25) is 0 Å². The van der Waals surface area contributed by atoms with Gasteiger partial charge in [0, 0.05) is 24.7 Å². The number of hydrogen-bond acceptors (Lipinski definition) is 3. The molecule has 0 saturated carbocycles. The molecule has 4 nitrogen and oxygen atoms in total. The third-order valence-corrected chi connectivity index (χ3v) is 2.99. The van der Waals surface area contributed by atoms with Gasteiger partial charge in [-0.25, -0.2) is 4.79 Å².